The molecule has 0 atom stereocenters. The summed E-state index contributed by atoms with van der Waals surface area (Å²) in [5, 5.41) is 4.94. The molecule has 1 aliphatic heterocycles. The summed E-state index contributed by atoms with van der Waals surface area (Å²) in [6.07, 6.45) is 1.98. The van der Waals surface area contributed by atoms with Crippen LogP contribution in [-0.2, 0) is 40.4 Å². The molecule has 5 heterocycles. The van der Waals surface area contributed by atoms with Crippen LogP contribution in [0, 0.1) is 18.8 Å². The number of anilines is 4. The maximum Gasteiger partial charge on any atom is 0.135 e. The van der Waals surface area contributed by atoms with E-state index < -0.39 is 14.0 Å². The quantitative estimate of drug-likeness (QED) is 0.156. The van der Waals surface area contributed by atoms with Crippen LogP contribution in [-0.4, -0.2) is 18.7 Å². The summed E-state index contributed by atoms with van der Waals surface area (Å²) < 4.78 is 65.3. The van der Waals surface area contributed by atoms with Crippen LogP contribution in [0.3, 0.4) is 0 Å². The Morgan fingerprint density at radius 2 is 1.15 bits per heavy atom. The third-order valence-corrected chi connectivity index (χ3v) is 13.2. The smallest absolute Gasteiger partial charge is 0.135 e. The van der Waals surface area contributed by atoms with E-state index in [2.05, 4.69) is 86.0 Å². The second-order valence-electron chi connectivity index (χ2n) is 18.2. The predicted molar refractivity (Wildman–Crippen MR) is 276 cm³/mol. The van der Waals surface area contributed by atoms with Crippen molar-refractivity contribution in [1.82, 2.24) is 18.7 Å². The molecule has 7 nitrogen and oxygen atoms in total. The number of benzene rings is 8. The number of hydrogen-bond donors (Lipinski definition) is 0. The van der Waals surface area contributed by atoms with Gasteiger partial charge in [0.15, 0.2) is 0 Å². The largest absolute Gasteiger partial charge is 0.509 e. The maximum atomic E-state index is 8.96. The number of rotatable bonds is 6. The fourth-order valence-electron chi connectivity index (χ4n) is 10.2. The zero-order valence-corrected chi connectivity index (χ0v) is 39.5. The summed E-state index contributed by atoms with van der Waals surface area (Å²) in [6.45, 7) is 3.29. The van der Waals surface area contributed by atoms with Gasteiger partial charge in [-0.15, -0.1) is 48.1 Å². The molecular weight excluding hydrogens is 1020 g/mol. The summed E-state index contributed by atoms with van der Waals surface area (Å²) in [7, 11) is 0. The first kappa shape index (κ1) is 35.6. The second kappa shape index (κ2) is 15.8. The number of aryl methyl sites for hydroxylation is 2. The molecule has 13 rings (SSSR count). The third-order valence-electron chi connectivity index (χ3n) is 13.2. The molecule has 1 aliphatic rings. The molecular formula is C60H45N6OPt-3. The van der Waals surface area contributed by atoms with Gasteiger partial charge in [-0.25, -0.2) is 4.98 Å². The van der Waals surface area contributed by atoms with Crippen LogP contribution in [0.15, 0.2) is 176 Å². The molecule has 0 N–H and O–H groups in total. The summed E-state index contributed by atoms with van der Waals surface area (Å²) in [5.74, 6) is 1.70. The molecule has 0 saturated heterocycles. The summed E-state index contributed by atoms with van der Waals surface area (Å²) in [4.78, 5) is 9.00. The Hall–Kier alpha value is -7.60. The van der Waals surface area contributed by atoms with Crippen LogP contribution in [0.2, 0.25) is 0 Å². The zero-order chi connectivity index (χ0) is 50.1. The fraction of sp³-hybridized carbons (Fsp3) is 0.100. The van der Waals surface area contributed by atoms with E-state index in [9.17, 15) is 0 Å². The van der Waals surface area contributed by atoms with Crippen LogP contribution in [0.25, 0.3) is 82.4 Å². The molecule has 0 radical (unpaired) electrons. The van der Waals surface area contributed by atoms with E-state index in [1.54, 1.807) is 12.1 Å². The number of para-hydroxylation sites is 5. The number of pyridine rings is 1. The molecule has 0 bridgehead atoms. The Kier molecular flexibility index (Phi) is 8.24. The van der Waals surface area contributed by atoms with E-state index in [4.69, 9.17) is 17.9 Å². The number of hydrogen-bond acceptors (Lipinski definition) is 4. The monoisotopic (exact) mass is 1070 g/mol. The van der Waals surface area contributed by atoms with Gasteiger partial charge in [0, 0.05) is 116 Å². The van der Waals surface area contributed by atoms with Crippen molar-refractivity contribution in [3.63, 3.8) is 0 Å². The average Bonchev–Trinajstić information content (AvgIpc) is 4.16. The van der Waals surface area contributed by atoms with Gasteiger partial charge in [0.1, 0.15) is 5.82 Å². The van der Waals surface area contributed by atoms with Gasteiger partial charge in [-0.2, -0.15) is 12.1 Å². The van der Waals surface area contributed by atoms with Crippen LogP contribution in [0.5, 0.6) is 11.5 Å². The Bertz CT molecular complexity index is 4100. The molecule has 0 spiro atoms. The van der Waals surface area contributed by atoms with Gasteiger partial charge in [0.2, 0.25) is 0 Å². The molecule has 0 amide bonds. The zero-order valence-electron chi connectivity index (χ0n) is 43.2. The van der Waals surface area contributed by atoms with Crippen molar-refractivity contribution in [2.45, 2.75) is 26.2 Å². The summed E-state index contributed by atoms with van der Waals surface area (Å²) in [5.41, 5.74) is 9.35. The molecule has 334 valence electrons. The van der Waals surface area contributed by atoms with Gasteiger partial charge in [-0.1, -0.05) is 123 Å². The fourth-order valence-corrected chi connectivity index (χ4v) is 10.2. The van der Waals surface area contributed by atoms with Gasteiger partial charge in [0.05, 0.1) is 16.7 Å². The van der Waals surface area contributed by atoms with E-state index in [1.807, 2.05) is 132 Å². The minimum absolute atomic E-state index is 0. The number of aromatic nitrogens is 4. The topological polar surface area (TPSA) is 43.4 Å². The maximum absolute atomic E-state index is 8.96. The van der Waals surface area contributed by atoms with E-state index in [1.165, 1.54) is 14.7 Å². The molecule has 0 unspecified atom stereocenters. The number of nitrogens with zero attached hydrogens (tertiary/aromatic N) is 6. The van der Waals surface area contributed by atoms with Gasteiger partial charge < -0.3 is 28.2 Å². The SMILES string of the molecule is [2H]C([2H])([2H])n1c2ccccc2c2cc3c4ccccc4n(C([2H])([2H])[2H])c3c(N3[CH-]N(c4[c-]c(Oc5[c-]c6c(cc5)c5ccccc5n6-c5cc(C(C)(C)C)c(-c6ccccc6)cn5)ccc4)c4ccccc43)c21.[Pt]. The van der Waals surface area contributed by atoms with E-state index in [0.717, 1.165) is 55.2 Å². The van der Waals surface area contributed by atoms with Crippen molar-refractivity contribution in [3.05, 3.63) is 200 Å². The van der Waals surface area contributed by atoms with Crippen molar-refractivity contribution in [3.8, 4) is 28.4 Å². The number of fused-ring (bicyclic) bond motifs is 10. The molecule has 12 aromatic rings. The van der Waals surface area contributed by atoms with Crippen LogP contribution >= 0.6 is 0 Å². The first-order valence-electron chi connectivity index (χ1n) is 25.4. The Morgan fingerprint density at radius 3 is 1.81 bits per heavy atom. The first-order valence-corrected chi connectivity index (χ1v) is 22.4. The molecule has 0 saturated carbocycles. The average molecular weight is 1070 g/mol. The van der Waals surface area contributed by atoms with Crippen LogP contribution < -0.4 is 14.5 Å². The molecule has 8 heteroatoms. The van der Waals surface area contributed by atoms with Crippen LogP contribution in [0.4, 0.5) is 22.7 Å². The standard InChI is InChI=1S/C60H45N6O.Pt/c1-60(2,3)49-35-56(61-36-48(49)38-18-7-6-8-19-38)66-52-27-14-11-22-42(52)45-31-30-41(33-55(45)66)67-40-21-17-20-39(32-40)64-37-65(54-29-16-15-28-53(54)64)59-57-46(43-23-9-12-25-50(43)62(57)4)34-47-44-24-10-13-26-51(44)63(5)58(47)59;/h6-31,34-37H,1-5H3;/q-3;/i4D3,5D3;. The van der Waals surface area contributed by atoms with Crippen LogP contribution in [0.1, 0.15) is 34.6 Å². The molecule has 0 aliphatic carbocycles. The molecule has 68 heavy (non-hydrogen) atoms. The van der Waals surface area contributed by atoms with Crippen molar-refractivity contribution in [1.29, 1.82) is 0 Å². The van der Waals surface area contributed by atoms with Crippen molar-refractivity contribution in [2.75, 3.05) is 9.80 Å². The van der Waals surface area contributed by atoms with E-state index >= 15 is 0 Å². The molecule has 0 fully saturated rings. The van der Waals surface area contributed by atoms with E-state index in [-0.39, 0.29) is 26.5 Å². The van der Waals surface area contributed by atoms with Gasteiger partial charge >= 0.3 is 0 Å². The summed E-state index contributed by atoms with van der Waals surface area (Å²) in [6, 6.07) is 62.3. The molecule has 8 aromatic carbocycles. The first-order chi connectivity index (χ1) is 35.1. The molecule has 4 aromatic heterocycles. The summed E-state index contributed by atoms with van der Waals surface area (Å²) >= 11 is 0. The number of ether oxygens (including phenoxy) is 1. The Balaban J connectivity index is 0.00000556. The predicted octanol–water partition coefficient (Wildman–Crippen LogP) is 15.2. The van der Waals surface area contributed by atoms with Gasteiger partial charge in [-0.3, -0.25) is 0 Å². The Labute approximate surface area is 417 Å². The normalized spacial score (nSPS) is 14.5. The van der Waals surface area contributed by atoms with Gasteiger partial charge in [0.25, 0.3) is 0 Å². The Morgan fingerprint density at radius 1 is 0.559 bits per heavy atom. The van der Waals surface area contributed by atoms with Gasteiger partial charge in [-0.05, 0) is 64.4 Å². The third kappa shape index (κ3) is 6.33. The second-order valence-corrected chi connectivity index (χ2v) is 18.2. The van der Waals surface area contributed by atoms with Crippen molar-refractivity contribution >= 4 is 88.2 Å². The van der Waals surface area contributed by atoms with Crippen molar-refractivity contribution < 1.29 is 34.0 Å². The van der Waals surface area contributed by atoms with Crippen molar-refractivity contribution in [2.24, 2.45) is 14.0 Å². The van der Waals surface area contributed by atoms with E-state index in [0.29, 0.717) is 61.4 Å². The minimum Gasteiger partial charge on any atom is -0.509 e. The minimum atomic E-state index is -2.63.